The second kappa shape index (κ2) is 8.58. The third kappa shape index (κ3) is 4.89. The van der Waals surface area contributed by atoms with Crippen LogP contribution in [0.25, 0.3) is 6.08 Å². The Kier molecular flexibility index (Phi) is 5.74. The summed E-state index contributed by atoms with van der Waals surface area (Å²) in [6.07, 6.45) is 4.87. The maximum Gasteiger partial charge on any atom is 0.272 e. The van der Waals surface area contributed by atoms with E-state index in [1.807, 2.05) is 43.3 Å². The molecule has 2 aromatic carbocycles. The largest absolute Gasteiger partial charge is 0.320 e. The van der Waals surface area contributed by atoms with Gasteiger partial charge < -0.3 is 10.6 Å². The van der Waals surface area contributed by atoms with Crippen molar-refractivity contribution in [2.45, 2.75) is 6.92 Å². The van der Waals surface area contributed by atoms with E-state index in [2.05, 4.69) is 15.6 Å². The van der Waals surface area contributed by atoms with Crippen LogP contribution in [0.15, 0.2) is 84.8 Å². The van der Waals surface area contributed by atoms with Gasteiger partial charge in [-0.3, -0.25) is 14.6 Å². The van der Waals surface area contributed by atoms with Crippen molar-refractivity contribution in [2.75, 3.05) is 5.32 Å². The normalized spacial score (nSPS) is 10.9. The molecule has 2 amide bonds. The predicted octanol–water partition coefficient (Wildman–Crippen LogP) is 3.80. The fraction of sp³-hybridized carbons (Fsp3) is 0.0455. The number of benzene rings is 2. The second-order valence-electron chi connectivity index (χ2n) is 5.93. The Morgan fingerprint density at radius 1 is 0.926 bits per heavy atom. The molecule has 0 spiro atoms. The van der Waals surface area contributed by atoms with E-state index in [-0.39, 0.29) is 11.6 Å². The number of pyridine rings is 1. The monoisotopic (exact) mass is 357 g/mol. The quantitative estimate of drug-likeness (QED) is 0.682. The summed E-state index contributed by atoms with van der Waals surface area (Å²) in [5.74, 6) is -0.761. The average Bonchev–Trinajstić information content (AvgIpc) is 2.70. The lowest BCUT2D eigenvalue weighted by Crippen LogP contribution is -2.30. The molecule has 5 nitrogen and oxygen atoms in total. The van der Waals surface area contributed by atoms with Gasteiger partial charge in [-0.15, -0.1) is 0 Å². The Bertz CT molecular complexity index is 967. The molecule has 0 aliphatic carbocycles. The number of hydrogen-bond acceptors (Lipinski definition) is 3. The van der Waals surface area contributed by atoms with E-state index in [0.29, 0.717) is 16.8 Å². The summed E-state index contributed by atoms with van der Waals surface area (Å²) < 4.78 is 0. The van der Waals surface area contributed by atoms with Crippen LogP contribution in [0.3, 0.4) is 0 Å². The number of aryl methyl sites for hydroxylation is 1. The SMILES string of the molecule is Cc1ccccc1NC(=O)C(=Cc1cccnc1)NC(=O)c1ccccc1. The number of anilines is 1. The van der Waals surface area contributed by atoms with Gasteiger partial charge in [-0.1, -0.05) is 42.5 Å². The van der Waals surface area contributed by atoms with Crippen LogP contribution in [-0.2, 0) is 4.79 Å². The molecule has 0 saturated heterocycles. The van der Waals surface area contributed by atoms with Crippen LogP contribution in [0.5, 0.6) is 0 Å². The van der Waals surface area contributed by atoms with Gasteiger partial charge in [0.15, 0.2) is 0 Å². The number of amides is 2. The highest BCUT2D eigenvalue weighted by Gasteiger charge is 2.15. The molecule has 0 atom stereocenters. The first-order valence-electron chi connectivity index (χ1n) is 8.48. The molecule has 0 aliphatic heterocycles. The van der Waals surface area contributed by atoms with Crippen molar-refractivity contribution in [3.63, 3.8) is 0 Å². The topological polar surface area (TPSA) is 71.1 Å². The Hall–Kier alpha value is -3.73. The highest BCUT2D eigenvalue weighted by molar-refractivity contribution is 6.10. The summed E-state index contributed by atoms with van der Waals surface area (Å²) in [4.78, 5) is 29.4. The summed E-state index contributed by atoms with van der Waals surface area (Å²) >= 11 is 0. The van der Waals surface area contributed by atoms with E-state index in [4.69, 9.17) is 0 Å². The number of carbonyl (C=O) groups is 2. The van der Waals surface area contributed by atoms with Crippen molar-refractivity contribution in [1.29, 1.82) is 0 Å². The molecule has 0 unspecified atom stereocenters. The van der Waals surface area contributed by atoms with Crippen molar-refractivity contribution in [2.24, 2.45) is 0 Å². The number of nitrogens with one attached hydrogen (secondary N) is 2. The highest BCUT2D eigenvalue weighted by atomic mass is 16.2. The minimum atomic E-state index is -0.405. The lowest BCUT2D eigenvalue weighted by Gasteiger charge is -2.12. The van der Waals surface area contributed by atoms with Crippen molar-refractivity contribution in [1.82, 2.24) is 10.3 Å². The van der Waals surface area contributed by atoms with Gasteiger partial charge in [-0.05, 0) is 48.4 Å². The smallest absolute Gasteiger partial charge is 0.272 e. The van der Waals surface area contributed by atoms with Crippen LogP contribution in [0.4, 0.5) is 5.69 Å². The molecular formula is C22H19N3O2. The molecule has 0 radical (unpaired) electrons. The molecule has 3 rings (SSSR count). The van der Waals surface area contributed by atoms with Crippen molar-refractivity contribution >= 4 is 23.6 Å². The lowest BCUT2D eigenvalue weighted by molar-refractivity contribution is -0.113. The molecule has 1 heterocycles. The molecule has 27 heavy (non-hydrogen) atoms. The van der Waals surface area contributed by atoms with Gasteiger partial charge in [0, 0.05) is 23.6 Å². The third-order valence-electron chi connectivity index (χ3n) is 3.92. The summed E-state index contributed by atoms with van der Waals surface area (Å²) in [7, 11) is 0. The Balaban J connectivity index is 1.88. The highest BCUT2D eigenvalue weighted by Crippen LogP contribution is 2.15. The van der Waals surface area contributed by atoms with Crippen LogP contribution >= 0.6 is 0 Å². The molecule has 3 aromatic rings. The average molecular weight is 357 g/mol. The predicted molar refractivity (Wildman–Crippen MR) is 106 cm³/mol. The first-order chi connectivity index (χ1) is 13.1. The maximum absolute atomic E-state index is 12.8. The van der Waals surface area contributed by atoms with Gasteiger partial charge in [0.25, 0.3) is 11.8 Å². The van der Waals surface area contributed by atoms with Crippen molar-refractivity contribution in [3.05, 3.63) is 102 Å². The fourth-order valence-corrected chi connectivity index (χ4v) is 2.47. The molecule has 0 fully saturated rings. The maximum atomic E-state index is 12.8. The van der Waals surface area contributed by atoms with E-state index in [0.717, 1.165) is 5.56 Å². The van der Waals surface area contributed by atoms with E-state index < -0.39 is 5.91 Å². The summed E-state index contributed by atoms with van der Waals surface area (Å²) in [6.45, 7) is 1.91. The zero-order valence-electron chi connectivity index (χ0n) is 14.8. The molecule has 5 heteroatoms. The van der Waals surface area contributed by atoms with Crippen LogP contribution in [0.2, 0.25) is 0 Å². The second-order valence-corrected chi connectivity index (χ2v) is 5.93. The Labute approximate surface area is 157 Å². The summed E-state index contributed by atoms with van der Waals surface area (Å²) in [6, 6.07) is 19.8. The van der Waals surface area contributed by atoms with Gasteiger partial charge in [0.05, 0.1) is 0 Å². The number of rotatable bonds is 5. The summed E-state index contributed by atoms with van der Waals surface area (Å²) in [5.41, 5.74) is 2.94. The van der Waals surface area contributed by atoms with Gasteiger partial charge in [-0.2, -0.15) is 0 Å². The molecule has 1 aromatic heterocycles. The number of hydrogen-bond donors (Lipinski definition) is 2. The van der Waals surface area contributed by atoms with Crippen LogP contribution in [0, 0.1) is 6.92 Å². The molecule has 2 N–H and O–H groups in total. The lowest BCUT2D eigenvalue weighted by atomic mass is 10.1. The van der Waals surface area contributed by atoms with Crippen molar-refractivity contribution in [3.8, 4) is 0 Å². The first-order valence-corrected chi connectivity index (χ1v) is 8.48. The van der Waals surface area contributed by atoms with Gasteiger partial charge >= 0.3 is 0 Å². The van der Waals surface area contributed by atoms with Gasteiger partial charge in [0.2, 0.25) is 0 Å². The van der Waals surface area contributed by atoms with E-state index in [1.165, 1.54) is 0 Å². The van der Waals surface area contributed by atoms with E-state index >= 15 is 0 Å². The van der Waals surface area contributed by atoms with Crippen LogP contribution in [-0.4, -0.2) is 16.8 Å². The van der Waals surface area contributed by atoms with E-state index in [1.54, 1.807) is 48.8 Å². The third-order valence-corrected chi connectivity index (χ3v) is 3.92. The number of carbonyl (C=O) groups excluding carboxylic acids is 2. The number of nitrogens with zero attached hydrogens (tertiary/aromatic N) is 1. The van der Waals surface area contributed by atoms with Crippen LogP contribution < -0.4 is 10.6 Å². The van der Waals surface area contributed by atoms with Crippen molar-refractivity contribution < 1.29 is 9.59 Å². The molecule has 0 bridgehead atoms. The number of para-hydroxylation sites is 1. The minimum absolute atomic E-state index is 0.139. The molecular weight excluding hydrogens is 338 g/mol. The molecule has 134 valence electrons. The van der Waals surface area contributed by atoms with E-state index in [9.17, 15) is 9.59 Å². The number of aromatic nitrogens is 1. The molecule has 0 aliphatic rings. The molecule has 0 saturated carbocycles. The standard InChI is InChI=1S/C22H19N3O2/c1-16-8-5-6-12-19(16)24-22(27)20(14-17-9-7-13-23-15-17)25-21(26)18-10-3-2-4-11-18/h2-15H,1H3,(H,24,27)(H,25,26). The Morgan fingerprint density at radius 3 is 2.37 bits per heavy atom. The minimum Gasteiger partial charge on any atom is -0.320 e. The zero-order valence-corrected chi connectivity index (χ0v) is 14.8. The zero-order chi connectivity index (χ0) is 19.1. The first kappa shape index (κ1) is 18.1. The summed E-state index contributed by atoms with van der Waals surface area (Å²) in [5, 5.41) is 5.55. The van der Waals surface area contributed by atoms with Crippen LogP contribution in [0.1, 0.15) is 21.5 Å². The van der Waals surface area contributed by atoms with Gasteiger partial charge in [0.1, 0.15) is 5.70 Å². The van der Waals surface area contributed by atoms with Gasteiger partial charge in [-0.25, -0.2) is 0 Å². The Morgan fingerprint density at radius 2 is 1.67 bits per heavy atom. The fourth-order valence-electron chi connectivity index (χ4n) is 2.47.